The van der Waals surface area contributed by atoms with Gasteiger partial charge in [-0.2, -0.15) is 4.98 Å². The van der Waals surface area contributed by atoms with Gasteiger partial charge in [0.1, 0.15) is 5.82 Å². The normalized spacial score (nSPS) is 15.8. The van der Waals surface area contributed by atoms with Crippen LogP contribution in [0.15, 0.2) is 28.8 Å². The van der Waals surface area contributed by atoms with Gasteiger partial charge in [0, 0.05) is 12.8 Å². The quantitative estimate of drug-likeness (QED) is 0.872. The van der Waals surface area contributed by atoms with Crippen LogP contribution >= 0.6 is 0 Å². The van der Waals surface area contributed by atoms with Crippen LogP contribution in [0.4, 0.5) is 4.39 Å². The number of rotatable bonds is 4. The first-order valence-electron chi connectivity index (χ1n) is 7.80. The lowest BCUT2D eigenvalue weighted by atomic mass is 10.2. The van der Waals surface area contributed by atoms with Gasteiger partial charge >= 0.3 is 0 Å². The van der Waals surface area contributed by atoms with Crippen LogP contribution in [0.2, 0.25) is 0 Å². The van der Waals surface area contributed by atoms with Crippen LogP contribution in [0.3, 0.4) is 0 Å². The number of piperazine rings is 1. The molecule has 0 saturated carbocycles. The lowest BCUT2D eigenvalue weighted by Gasteiger charge is -2.30. The molecule has 1 amide bonds. The van der Waals surface area contributed by atoms with Crippen molar-refractivity contribution in [1.82, 2.24) is 15.0 Å². The highest BCUT2D eigenvalue weighted by Gasteiger charge is 2.22. The van der Waals surface area contributed by atoms with E-state index >= 15 is 0 Å². The van der Waals surface area contributed by atoms with Gasteiger partial charge in [-0.1, -0.05) is 17.3 Å². The van der Waals surface area contributed by atoms with E-state index in [1.807, 2.05) is 4.90 Å². The Hall–Kier alpha value is -2.28. The Kier molecular flexibility index (Phi) is 4.66. The second-order valence-electron chi connectivity index (χ2n) is 5.83. The van der Waals surface area contributed by atoms with Crippen LogP contribution in [0.5, 0.6) is 0 Å². The summed E-state index contributed by atoms with van der Waals surface area (Å²) in [5, 5.41) is 3.79. The predicted molar refractivity (Wildman–Crippen MR) is 81.2 cm³/mol. The third-order valence-corrected chi connectivity index (χ3v) is 4.11. The number of carbonyl (C=O) groups excluding carboxylic acids is 1. The van der Waals surface area contributed by atoms with E-state index in [0.717, 1.165) is 26.2 Å². The number of carbonyl (C=O) groups is 1. The molecule has 1 aliphatic heterocycles. The molecule has 0 aliphatic carbocycles. The summed E-state index contributed by atoms with van der Waals surface area (Å²) in [6.07, 6.45) is 0.706. The van der Waals surface area contributed by atoms with Crippen LogP contribution < -0.4 is 4.90 Å². The number of aryl methyl sites for hydroxylation is 1. The van der Waals surface area contributed by atoms with Gasteiger partial charge in [-0.15, -0.1) is 0 Å². The number of hydrogen-bond acceptors (Lipinski definition) is 4. The molecule has 1 N–H and O–H groups in total. The van der Waals surface area contributed by atoms with E-state index in [1.54, 1.807) is 18.2 Å². The summed E-state index contributed by atoms with van der Waals surface area (Å²) in [5.41, 5.74) is 0.302. The van der Waals surface area contributed by atoms with Crippen molar-refractivity contribution in [2.45, 2.75) is 12.8 Å². The van der Waals surface area contributed by atoms with Crippen LogP contribution in [0.25, 0.3) is 11.4 Å². The minimum Gasteiger partial charge on any atom is -0.339 e. The Balaban J connectivity index is 1.57. The highest BCUT2D eigenvalue weighted by atomic mass is 19.1. The molecule has 2 aromatic rings. The molecular weight excluding hydrogens is 299 g/mol. The van der Waals surface area contributed by atoms with Crippen LogP contribution in [-0.2, 0) is 11.2 Å². The van der Waals surface area contributed by atoms with Gasteiger partial charge in [0.15, 0.2) is 0 Å². The molecule has 0 spiro atoms. The second kappa shape index (κ2) is 6.87. The van der Waals surface area contributed by atoms with E-state index in [-0.39, 0.29) is 11.7 Å². The first-order chi connectivity index (χ1) is 11.1. The standard InChI is InChI=1S/C16H19FN4O2/c1-20-8-10-21(11-9-20)15(22)7-6-14-18-16(19-23-14)12-4-2-3-5-13(12)17/h2-5H,6-11H2,1H3/p+1. The van der Waals surface area contributed by atoms with Crippen LogP contribution in [-0.4, -0.2) is 54.2 Å². The van der Waals surface area contributed by atoms with Crippen LogP contribution in [0, 0.1) is 5.82 Å². The first-order valence-corrected chi connectivity index (χ1v) is 7.80. The number of nitrogens with zero attached hydrogens (tertiary/aromatic N) is 3. The Morgan fingerprint density at radius 1 is 1.35 bits per heavy atom. The molecule has 1 aromatic heterocycles. The second-order valence-corrected chi connectivity index (χ2v) is 5.83. The minimum absolute atomic E-state index is 0.100. The molecule has 1 aliphatic rings. The van der Waals surface area contributed by atoms with Crippen molar-refractivity contribution in [2.75, 3.05) is 33.2 Å². The Morgan fingerprint density at radius 2 is 2.09 bits per heavy atom. The van der Waals surface area contributed by atoms with Crippen molar-refractivity contribution in [3.8, 4) is 11.4 Å². The van der Waals surface area contributed by atoms with Crippen molar-refractivity contribution < 1.29 is 18.6 Å². The minimum atomic E-state index is -0.393. The molecule has 122 valence electrons. The summed E-state index contributed by atoms with van der Waals surface area (Å²) in [5.74, 6) is 0.282. The summed E-state index contributed by atoms with van der Waals surface area (Å²) in [6.45, 7) is 3.53. The number of quaternary nitrogens is 1. The molecule has 0 radical (unpaired) electrons. The average molecular weight is 319 g/mol. The first kappa shape index (κ1) is 15.6. The number of benzene rings is 1. The van der Waals surface area contributed by atoms with Crippen molar-refractivity contribution in [3.63, 3.8) is 0 Å². The summed E-state index contributed by atoms with van der Waals surface area (Å²) in [4.78, 5) is 19.7. The summed E-state index contributed by atoms with van der Waals surface area (Å²) in [6, 6.07) is 6.27. The summed E-state index contributed by atoms with van der Waals surface area (Å²) < 4.78 is 18.8. The maximum atomic E-state index is 13.7. The van der Waals surface area contributed by atoms with Crippen LogP contribution in [0.1, 0.15) is 12.3 Å². The zero-order valence-corrected chi connectivity index (χ0v) is 13.1. The Labute approximate surface area is 133 Å². The van der Waals surface area contributed by atoms with Gasteiger partial charge in [-0.05, 0) is 12.1 Å². The smallest absolute Gasteiger partial charge is 0.227 e. The number of hydrogen-bond donors (Lipinski definition) is 1. The van der Waals surface area contributed by atoms with Gasteiger partial charge in [-0.3, -0.25) is 4.79 Å². The fourth-order valence-electron chi connectivity index (χ4n) is 2.62. The molecule has 6 nitrogen and oxygen atoms in total. The lowest BCUT2D eigenvalue weighted by molar-refractivity contribution is -0.883. The fraction of sp³-hybridized carbons (Fsp3) is 0.438. The molecule has 0 bridgehead atoms. The number of aromatic nitrogens is 2. The largest absolute Gasteiger partial charge is 0.339 e. The zero-order valence-electron chi connectivity index (χ0n) is 13.1. The maximum Gasteiger partial charge on any atom is 0.227 e. The number of amides is 1. The van der Waals surface area contributed by atoms with E-state index in [2.05, 4.69) is 17.2 Å². The summed E-state index contributed by atoms with van der Waals surface area (Å²) >= 11 is 0. The molecule has 7 heteroatoms. The van der Waals surface area contributed by atoms with E-state index in [1.165, 1.54) is 11.0 Å². The molecule has 23 heavy (non-hydrogen) atoms. The molecule has 1 fully saturated rings. The average Bonchev–Trinajstić information content (AvgIpc) is 3.02. The van der Waals surface area contributed by atoms with Gasteiger partial charge in [0.25, 0.3) is 0 Å². The zero-order chi connectivity index (χ0) is 16.2. The number of likely N-dealkylation sites (N-methyl/N-ethyl adjacent to an activating group) is 1. The molecule has 1 aromatic carbocycles. The van der Waals surface area contributed by atoms with Crippen molar-refractivity contribution in [1.29, 1.82) is 0 Å². The van der Waals surface area contributed by atoms with Crippen molar-refractivity contribution >= 4 is 5.91 Å². The molecule has 3 rings (SSSR count). The molecule has 0 atom stereocenters. The van der Waals surface area contributed by atoms with E-state index < -0.39 is 5.82 Å². The van der Waals surface area contributed by atoms with Crippen molar-refractivity contribution in [3.05, 3.63) is 36.0 Å². The van der Waals surface area contributed by atoms with Gasteiger partial charge in [0.05, 0.1) is 38.8 Å². The van der Waals surface area contributed by atoms with E-state index in [4.69, 9.17) is 4.52 Å². The monoisotopic (exact) mass is 319 g/mol. The lowest BCUT2D eigenvalue weighted by Crippen LogP contribution is -3.12. The maximum absolute atomic E-state index is 13.7. The fourth-order valence-corrected chi connectivity index (χ4v) is 2.62. The highest BCUT2D eigenvalue weighted by molar-refractivity contribution is 5.76. The SMILES string of the molecule is C[NH+]1CCN(C(=O)CCc2nc(-c3ccccc3F)no2)CC1. The Morgan fingerprint density at radius 3 is 2.83 bits per heavy atom. The third kappa shape index (κ3) is 3.73. The predicted octanol–water partition coefficient (Wildman–Crippen LogP) is 0.165. The summed E-state index contributed by atoms with van der Waals surface area (Å²) in [7, 11) is 2.13. The molecule has 0 unspecified atom stereocenters. The highest BCUT2D eigenvalue weighted by Crippen LogP contribution is 2.19. The topological polar surface area (TPSA) is 63.7 Å². The van der Waals surface area contributed by atoms with Gasteiger partial charge in [-0.25, -0.2) is 4.39 Å². The van der Waals surface area contributed by atoms with Crippen molar-refractivity contribution in [2.24, 2.45) is 0 Å². The third-order valence-electron chi connectivity index (χ3n) is 4.11. The van der Waals surface area contributed by atoms with E-state index in [0.29, 0.717) is 24.3 Å². The molecular formula is C16H20FN4O2+. The number of nitrogens with one attached hydrogen (secondary N) is 1. The van der Waals surface area contributed by atoms with E-state index in [9.17, 15) is 9.18 Å². The molecule has 2 heterocycles. The van der Waals surface area contributed by atoms with Gasteiger partial charge < -0.3 is 14.3 Å². The van der Waals surface area contributed by atoms with Gasteiger partial charge in [0.2, 0.25) is 17.6 Å². The number of halogens is 1. The Bertz CT molecular complexity index is 680. The molecule has 1 saturated heterocycles.